The summed E-state index contributed by atoms with van der Waals surface area (Å²) in [5.74, 6) is -0.219. The van der Waals surface area contributed by atoms with Crippen molar-refractivity contribution in [1.29, 1.82) is 0 Å². The van der Waals surface area contributed by atoms with Gasteiger partial charge in [-0.05, 0) is 6.07 Å². The van der Waals surface area contributed by atoms with Crippen molar-refractivity contribution in [2.75, 3.05) is 0 Å². The number of Topliss-reactive ketones (excluding diaryl/α,β-unsaturated/α-hetero) is 1. The lowest BCUT2D eigenvalue weighted by molar-refractivity contribution is 0.0981. The first-order valence-electron chi connectivity index (χ1n) is 2.50. The molecule has 0 radical (unpaired) electrons. The van der Waals surface area contributed by atoms with E-state index in [1.165, 1.54) is 19.1 Å². The molecule has 1 aromatic rings. The fraction of sp³-hybridized carbons (Fsp3) is 0.167. The monoisotopic (exact) mass is 126 g/mol. The minimum absolute atomic E-state index is 0.185. The number of carbonyl (C=O) groups is 1. The number of aromatic hydroxyl groups is 1. The Labute approximate surface area is 51.9 Å². The van der Waals surface area contributed by atoms with Crippen LogP contribution in [-0.4, -0.2) is 10.9 Å². The molecule has 0 aliphatic rings. The Kier molecular flexibility index (Phi) is 1.26. The van der Waals surface area contributed by atoms with Gasteiger partial charge in [-0.25, -0.2) is 0 Å². The molecule has 0 unspecified atom stereocenters. The molecular weight excluding hydrogens is 120 g/mol. The van der Waals surface area contributed by atoms with E-state index < -0.39 is 0 Å². The van der Waals surface area contributed by atoms with E-state index in [1.807, 2.05) is 0 Å². The second-order valence-corrected chi connectivity index (χ2v) is 1.69. The molecule has 9 heavy (non-hydrogen) atoms. The van der Waals surface area contributed by atoms with Crippen LogP contribution in [0, 0.1) is 0 Å². The van der Waals surface area contributed by atoms with Crippen molar-refractivity contribution in [3.63, 3.8) is 0 Å². The van der Waals surface area contributed by atoms with Gasteiger partial charge in [0, 0.05) is 13.0 Å². The lowest BCUT2D eigenvalue weighted by Gasteiger charge is -1.82. The van der Waals surface area contributed by atoms with Crippen LogP contribution in [0.1, 0.15) is 17.5 Å². The highest BCUT2D eigenvalue weighted by atomic mass is 16.5. The van der Waals surface area contributed by atoms with Gasteiger partial charge >= 0.3 is 0 Å². The third kappa shape index (κ3) is 1.10. The van der Waals surface area contributed by atoms with Gasteiger partial charge in [0.15, 0.2) is 11.5 Å². The fourth-order valence-electron chi connectivity index (χ4n) is 0.517. The van der Waals surface area contributed by atoms with Crippen LogP contribution in [-0.2, 0) is 0 Å². The molecule has 1 aromatic heterocycles. The molecule has 0 amide bonds. The summed E-state index contributed by atoms with van der Waals surface area (Å²) >= 11 is 0. The zero-order chi connectivity index (χ0) is 6.85. The summed E-state index contributed by atoms with van der Waals surface area (Å²) in [6, 6.07) is 2.76. The Morgan fingerprint density at radius 3 is 2.56 bits per heavy atom. The van der Waals surface area contributed by atoms with E-state index in [0.717, 1.165) is 0 Å². The van der Waals surface area contributed by atoms with Crippen LogP contribution in [0.15, 0.2) is 16.5 Å². The third-order valence-electron chi connectivity index (χ3n) is 0.939. The van der Waals surface area contributed by atoms with Crippen molar-refractivity contribution >= 4 is 5.78 Å². The zero-order valence-corrected chi connectivity index (χ0v) is 4.92. The second kappa shape index (κ2) is 1.93. The molecule has 0 bridgehead atoms. The molecule has 0 saturated carbocycles. The van der Waals surface area contributed by atoms with E-state index in [-0.39, 0.29) is 17.5 Å². The minimum atomic E-state index is -0.222. The standard InChI is InChI=1S/C6H6O3/c1-4(7)5-2-3-6(8)9-5/h2-3,8H,1H3. The Morgan fingerprint density at radius 2 is 2.33 bits per heavy atom. The molecule has 0 aliphatic carbocycles. The van der Waals surface area contributed by atoms with E-state index in [4.69, 9.17) is 5.11 Å². The van der Waals surface area contributed by atoms with Gasteiger partial charge in [0.2, 0.25) is 0 Å². The molecule has 48 valence electrons. The minimum Gasteiger partial charge on any atom is -0.481 e. The number of furan rings is 1. The first-order valence-corrected chi connectivity index (χ1v) is 2.50. The first-order chi connectivity index (χ1) is 4.20. The van der Waals surface area contributed by atoms with Crippen molar-refractivity contribution in [2.45, 2.75) is 6.92 Å². The van der Waals surface area contributed by atoms with Crippen LogP contribution in [0.5, 0.6) is 5.95 Å². The highest BCUT2D eigenvalue weighted by Crippen LogP contribution is 2.13. The van der Waals surface area contributed by atoms with Gasteiger partial charge in [0.05, 0.1) is 0 Å². The van der Waals surface area contributed by atoms with Gasteiger partial charge in [0.25, 0.3) is 5.95 Å². The van der Waals surface area contributed by atoms with Crippen LogP contribution in [0.3, 0.4) is 0 Å². The highest BCUT2D eigenvalue weighted by molar-refractivity contribution is 5.91. The van der Waals surface area contributed by atoms with Gasteiger partial charge < -0.3 is 9.52 Å². The molecule has 1 heterocycles. The van der Waals surface area contributed by atoms with Gasteiger partial charge in [0.1, 0.15) is 0 Å². The molecular formula is C6H6O3. The first kappa shape index (κ1) is 5.88. The number of hydrogen-bond donors (Lipinski definition) is 1. The van der Waals surface area contributed by atoms with E-state index in [2.05, 4.69) is 4.42 Å². The van der Waals surface area contributed by atoms with E-state index in [9.17, 15) is 4.79 Å². The summed E-state index contributed by atoms with van der Waals surface area (Å²) in [6.45, 7) is 1.37. The van der Waals surface area contributed by atoms with Crippen LogP contribution in [0.2, 0.25) is 0 Å². The lowest BCUT2D eigenvalue weighted by atomic mass is 10.3. The molecule has 0 atom stereocenters. The van der Waals surface area contributed by atoms with Crippen molar-refractivity contribution in [1.82, 2.24) is 0 Å². The molecule has 3 nitrogen and oxygen atoms in total. The maximum atomic E-state index is 10.5. The summed E-state index contributed by atoms with van der Waals surface area (Å²) in [5.41, 5.74) is 0. The zero-order valence-electron chi connectivity index (χ0n) is 4.92. The molecule has 0 aliphatic heterocycles. The van der Waals surface area contributed by atoms with Gasteiger partial charge in [-0.2, -0.15) is 0 Å². The van der Waals surface area contributed by atoms with Crippen LogP contribution in [0.25, 0.3) is 0 Å². The summed E-state index contributed by atoms with van der Waals surface area (Å²) in [6.07, 6.45) is 0. The smallest absolute Gasteiger partial charge is 0.282 e. The lowest BCUT2D eigenvalue weighted by Crippen LogP contribution is -1.85. The molecule has 0 aromatic carbocycles. The summed E-state index contributed by atoms with van der Waals surface area (Å²) in [4.78, 5) is 10.5. The molecule has 1 rings (SSSR count). The molecule has 0 saturated heterocycles. The average molecular weight is 126 g/mol. The Hall–Kier alpha value is -1.25. The number of rotatable bonds is 1. The average Bonchev–Trinajstić information content (AvgIpc) is 2.14. The number of ketones is 1. The van der Waals surface area contributed by atoms with Crippen molar-refractivity contribution in [3.05, 3.63) is 17.9 Å². The normalized spacial score (nSPS) is 9.44. The summed E-state index contributed by atoms with van der Waals surface area (Å²) < 4.78 is 4.55. The summed E-state index contributed by atoms with van der Waals surface area (Å²) in [7, 11) is 0. The predicted octanol–water partition coefficient (Wildman–Crippen LogP) is 1.19. The number of hydrogen-bond acceptors (Lipinski definition) is 3. The van der Waals surface area contributed by atoms with Crippen LogP contribution < -0.4 is 0 Å². The highest BCUT2D eigenvalue weighted by Gasteiger charge is 2.02. The topological polar surface area (TPSA) is 50.4 Å². The Bertz CT molecular complexity index is 224. The van der Waals surface area contributed by atoms with Gasteiger partial charge in [-0.15, -0.1) is 0 Å². The molecule has 0 spiro atoms. The predicted molar refractivity (Wildman–Crippen MR) is 30.4 cm³/mol. The van der Waals surface area contributed by atoms with Crippen molar-refractivity contribution < 1.29 is 14.3 Å². The maximum Gasteiger partial charge on any atom is 0.282 e. The maximum absolute atomic E-state index is 10.5. The molecule has 3 heteroatoms. The van der Waals surface area contributed by atoms with Crippen molar-refractivity contribution in [2.24, 2.45) is 0 Å². The van der Waals surface area contributed by atoms with Crippen LogP contribution in [0.4, 0.5) is 0 Å². The fourth-order valence-corrected chi connectivity index (χ4v) is 0.517. The van der Waals surface area contributed by atoms with E-state index in [0.29, 0.717) is 0 Å². The summed E-state index contributed by atoms with van der Waals surface area (Å²) in [5, 5.41) is 8.58. The van der Waals surface area contributed by atoms with E-state index >= 15 is 0 Å². The Morgan fingerprint density at radius 1 is 1.67 bits per heavy atom. The Balaban J connectivity index is 2.98. The largest absolute Gasteiger partial charge is 0.481 e. The van der Waals surface area contributed by atoms with Crippen molar-refractivity contribution in [3.8, 4) is 5.95 Å². The molecule has 1 N–H and O–H groups in total. The third-order valence-corrected chi connectivity index (χ3v) is 0.939. The second-order valence-electron chi connectivity index (χ2n) is 1.69. The van der Waals surface area contributed by atoms with Gasteiger partial charge in [-0.3, -0.25) is 4.79 Å². The van der Waals surface area contributed by atoms with Gasteiger partial charge in [-0.1, -0.05) is 0 Å². The number of carbonyl (C=O) groups excluding carboxylic acids is 1. The SMILES string of the molecule is CC(=O)c1ccc(O)o1. The quantitative estimate of drug-likeness (QED) is 0.575. The molecule has 0 fully saturated rings. The van der Waals surface area contributed by atoms with Crippen LogP contribution >= 0.6 is 0 Å². The van der Waals surface area contributed by atoms with E-state index in [1.54, 1.807) is 0 Å².